The van der Waals surface area contributed by atoms with Crippen LogP contribution in [-0.4, -0.2) is 0 Å². The molecule has 0 aliphatic heterocycles. The Morgan fingerprint density at radius 3 is 2.53 bits per heavy atom. The highest BCUT2D eigenvalue weighted by Crippen LogP contribution is 2.41. The summed E-state index contributed by atoms with van der Waals surface area (Å²) in [7, 11) is 0. The highest BCUT2D eigenvalue weighted by molar-refractivity contribution is 5.63. The summed E-state index contributed by atoms with van der Waals surface area (Å²) in [5, 5.41) is 0. The number of allylic oxidation sites excluding steroid dienone is 5. The third-order valence-corrected chi connectivity index (χ3v) is 3.40. The van der Waals surface area contributed by atoms with E-state index < -0.39 is 0 Å². The Balaban J connectivity index is 2.20. The average molecular weight is 194 g/mol. The predicted octanol–water partition coefficient (Wildman–Crippen LogP) is 3.93. The summed E-state index contributed by atoms with van der Waals surface area (Å²) in [6.07, 6.45) is 11.3. The van der Waals surface area contributed by atoms with Crippen LogP contribution in [0.4, 0.5) is 0 Å². The van der Waals surface area contributed by atoms with E-state index in [1.54, 1.807) is 0 Å². The largest absolute Gasteiger partial charge is 0.0764 e. The molecule has 2 aliphatic carbocycles. The molecular weight excluding hydrogens is 180 g/mol. The summed E-state index contributed by atoms with van der Waals surface area (Å²) in [4.78, 5) is 0. The number of fused-ring (bicyclic) bond motifs is 3. The molecule has 0 N–H and O–H groups in total. The monoisotopic (exact) mass is 194 g/mol. The zero-order valence-electron chi connectivity index (χ0n) is 8.85. The number of rotatable bonds is 0. The first kappa shape index (κ1) is 8.72. The van der Waals surface area contributed by atoms with Crippen molar-refractivity contribution in [2.45, 2.75) is 12.8 Å². The number of benzene rings is 1. The third-order valence-electron chi connectivity index (χ3n) is 3.40. The van der Waals surface area contributed by atoms with Crippen molar-refractivity contribution in [3.63, 3.8) is 0 Å². The summed E-state index contributed by atoms with van der Waals surface area (Å²) in [5.41, 5.74) is 4.32. The molecule has 74 valence electrons. The molecule has 0 bridgehead atoms. The first-order valence-electron chi connectivity index (χ1n) is 5.48. The Labute approximate surface area is 90.6 Å². The minimum atomic E-state index is 0.552. The first-order valence-corrected chi connectivity index (χ1v) is 5.48. The molecule has 0 amide bonds. The molecule has 3 rings (SSSR count). The van der Waals surface area contributed by atoms with E-state index in [-0.39, 0.29) is 0 Å². The van der Waals surface area contributed by atoms with Crippen molar-refractivity contribution in [2.75, 3.05) is 0 Å². The van der Waals surface area contributed by atoms with Gasteiger partial charge in [0, 0.05) is 11.8 Å². The van der Waals surface area contributed by atoms with Crippen LogP contribution in [0.5, 0.6) is 0 Å². The van der Waals surface area contributed by atoms with Crippen LogP contribution < -0.4 is 0 Å². The van der Waals surface area contributed by atoms with Gasteiger partial charge in [-0.1, -0.05) is 60.2 Å². The van der Waals surface area contributed by atoms with Crippen molar-refractivity contribution >= 4 is 6.08 Å². The Hall–Kier alpha value is -1.56. The SMILES string of the molecule is CC1=Cc2ccccc2C2C=CC=CC12. The second-order valence-electron chi connectivity index (χ2n) is 4.34. The molecule has 0 nitrogen and oxygen atoms in total. The fourth-order valence-corrected chi connectivity index (χ4v) is 2.63. The summed E-state index contributed by atoms with van der Waals surface area (Å²) in [5.74, 6) is 1.13. The Kier molecular flexibility index (Phi) is 1.88. The van der Waals surface area contributed by atoms with E-state index >= 15 is 0 Å². The molecule has 0 radical (unpaired) electrons. The van der Waals surface area contributed by atoms with Crippen LogP contribution in [-0.2, 0) is 0 Å². The van der Waals surface area contributed by atoms with Crippen LogP contribution in [0.15, 0.2) is 54.1 Å². The highest BCUT2D eigenvalue weighted by Gasteiger charge is 2.26. The van der Waals surface area contributed by atoms with Crippen LogP contribution in [0.2, 0.25) is 0 Å². The molecule has 0 spiro atoms. The van der Waals surface area contributed by atoms with Crippen molar-refractivity contribution in [1.29, 1.82) is 0 Å². The van der Waals surface area contributed by atoms with Gasteiger partial charge in [0.05, 0.1) is 0 Å². The summed E-state index contributed by atoms with van der Waals surface area (Å²) in [6.45, 7) is 2.23. The number of hydrogen-bond acceptors (Lipinski definition) is 0. The summed E-state index contributed by atoms with van der Waals surface area (Å²) >= 11 is 0. The van der Waals surface area contributed by atoms with Crippen LogP contribution in [0.3, 0.4) is 0 Å². The van der Waals surface area contributed by atoms with E-state index in [1.165, 1.54) is 16.7 Å². The van der Waals surface area contributed by atoms with Crippen LogP contribution >= 0.6 is 0 Å². The fourth-order valence-electron chi connectivity index (χ4n) is 2.63. The lowest BCUT2D eigenvalue weighted by Crippen LogP contribution is -2.16. The Morgan fingerprint density at radius 2 is 1.67 bits per heavy atom. The standard InChI is InChI=1S/C15H14/c1-11-10-12-6-2-3-8-14(12)15-9-5-4-7-13(11)15/h2-10,13,15H,1H3. The molecule has 0 heterocycles. The fraction of sp³-hybridized carbons (Fsp3) is 0.200. The molecule has 0 saturated heterocycles. The van der Waals surface area contributed by atoms with Gasteiger partial charge in [-0.2, -0.15) is 0 Å². The van der Waals surface area contributed by atoms with E-state index in [1.807, 2.05) is 0 Å². The van der Waals surface area contributed by atoms with Crippen molar-refractivity contribution in [2.24, 2.45) is 5.92 Å². The molecule has 0 saturated carbocycles. The second kappa shape index (κ2) is 3.23. The molecule has 0 aromatic heterocycles. The maximum absolute atomic E-state index is 2.32. The second-order valence-corrected chi connectivity index (χ2v) is 4.34. The van der Waals surface area contributed by atoms with Crippen LogP contribution in [0, 0.1) is 5.92 Å². The van der Waals surface area contributed by atoms with Crippen molar-refractivity contribution < 1.29 is 0 Å². The van der Waals surface area contributed by atoms with Gasteiger partial charge in [0.25, 0.3) is 0 Å². The normalized spacial score (nSPS) is 26.9. The maximum Gasteiger partial charge on any atom is 0.0127 e. The van der Waals surface area contributed by atoms with Gasteiger partial charge in [0.1, 0.15) is 0 Å². The minimum absolute atomic E-state index is 0.552. The van der Waals surface area contributed by atoms with E-state index in [0.29, 0.717) is 11.8 Å². The van der Waals surface area contributed by atoms with E-state index in [0.717, 1.165) is 0 Å². The zero-order chi connectivity index (χ0) is 10.3. The molecule has 2 aliphatic rings. The lowest BCUT2D eigenvalue weighted by Gasteiger charge is -2.30. The lowest BCUT2D eigenvalue weighted by molar-refractivity contribution is 0.655. The smallest absolute Gasteiger partial charge is 0.0127 e. The first-order chi connectivity index (χ1) is 7.36. The quantitative estimate of drug-likeness (QED) is 0.587. The van der Waals surface area contributed by atoms with Gasteiger partial charge >= 0.3 is 0 Å². The molecular formula is C15H14. The lowest BCUT2D eigenvalue weighted by atomic mass is 9.73. The van der Waals surface area contributed by atoms with Gasteiger partial charge in [-0.25, -0.2) is 0 Å². The molecule has 0 heteroatoms. The molecule has 2 atom stereocenters. The molecule has 15 heavy (non-hydrogen) atoms. The van der Waals surface area contributed by atoms with E-state index in [4.69, 9.17) is 0 Å². The molecule has 2 unspecified atom stereocenters. The molecule has 0 fully saturated rings. The maximum atomic E-state index is 2.32. The zero-order valence-corrected chi connectivity index (χ0v) is 8.85. The van der Waals surface area contributed by atoms with Crippen molar-refractivity contribution in [1.82, 2.24) is 0 Å². The Morgan fingerprint density at radius 1 is 0.933 bits per heavy atom. The topological polar surface area (TPSA) is 0 Å². The van der Waals surface area contributed by atoms with E-state index in [9.17, 15) is 0 Å². The van der Waals surface area contributed by atoms with Gasteiger partial charge < -0.3 is 0 Å². The van der Waals surface area contributed by atoms with E-state index in [2.05, 4.69) is 61.6 Å². The summed E-state index contributed by atoms with van der Waals surface area (Å²) in [6, 6.07) is 8.71. The number of hydrogen-bond donors (Lipinski definition) is 0. The van der Waals surface area contributed by atoms with Gasteiger partial charge in [0.15, 0.2) is 0 Å². The van der Waals surface area contributed by atoms with Crippen LogP contribution in [0.1, 0.15) is 24.0 Å². The van der Waals surface area contributed by atoms with Crippen LogP contribution in [0.25, 0.3) is 6.08 Å². The minimum Gasteiger partial charge on any atom is -0.0764 e. The average Bonchev–Trinajstić information content (AvgIpc) is 2.30. The predicted molar refractivity (Wildman–Crippen MR) is 64.6 cm³/mol. The van der Waals surface area contributed by atoms with Gasteiger partial charge in [0.2, 0.25) is 0 Å². The van der Waals surface area contributed by atoms with Gasteiger partial charge in [-0.05, 0) is 18.1 Å². The Bertz CT molecular complexity index is 475. The third kappa shape index (κ3) is 1.29. The summed E-state index contributed by atoms with van der Waals surface area (Å²) < 4.78 is 0. The van der Waals surface area contributed by atoms with Crippen molar-refractivity contribution in [3.05, 3.63) is 65.3 Å². The van der Waals surface area contributed by atoms with Gasteiger partial charge in [-0.15, -0.1) is 0 Å². The van der Waals surface area contributed by atoms with Gasteiger partial charge in [-0.3, -0.25) is 0 Å². The van der Waals surface area contributed by atoms with Crippen molar-refractivity contribution in [3.8, 4) is 0 Å². The highest BCUT2D eigenvalue weighted by atomic mass is 14.3. The molecule has 1 aromatic carbocycles. The molecule has 1 aromatic rings.